The topological polar surface area (TPSA) is 82.5 Å². The number of hydrogen-bond acceptors (Lipinski definition) is 6. The molecule has 0 amide bonds. The van der Waals surface area contributed by atoms with Gasteiger partial charge in [-0.3, -0.25) is 0 Å². The highest BCUT2D eigenvalue weighted by atomic mass is 35.5. The van der Waals surface area contributed by atoms with Gasteiger partial charge in [0.25, 0.3) is 0 Å². The number of imidazole rings is 1. The lowest BCUT2D eigenvalue weighted by Gasteiger charge is -2.32. The van der Waals surface area contributed by atoms with Gasteiger partial charge in [-0.05, 0) is 30.7 Å². The number of para-hydroxylation sites is 2. The zero-order valence-corrected chi connectivity index (χ0v) is 20.4. The summed E-state index contributed by atoms with van der Waals surface area (Å²) in [5, 5.41) is 3.81. The van der Waals surface area contributed by atoms with E-state index in [2.05, 4.69) is 10.3 Å². The first-order valence-corrected chi connectivity index (χ1v) is 11.3. The maximum Gasteiger partial charge on any atom is 0.336 e. The van der Waals surface area contributed by atoms with E-state index in [1.807, 2.05) is 28.8 Å². The standard InChI is InChI=1S/C25H23Cl2N3O4/c1-14-20(24(31)33-2)21(15-7-6-8-16(26)23(15)27)22(25(32)34-3)18(29-14)11-12-30-13-28-17-9-4-5-10-19(17)30/h4-10,13,21,29H,11-12H2,1-3H3. The number of benzene rings is 2. The molecule has 4 rings (SSSR count). The number of rotatable bonds is 6. The Labute approximate surface area is 207 Å². The molecule has 0 saturated carbocycles. The predicted octanol–water partition coefficient (Wildman–Crippen LogP) is 4.99. The first kappa shape index (κ1) is 23.9. The molecular formula is C25H23Cl2N3O4. The van der Waals surface area contributed by atoms with Gasteiger partial charge in [-0.1, -0.05) is 47.5 Å². The number of esters is 2. The number of methoxy groups -OCH3 is 2. The lowest BCUT2D eigenvalue weighted by Crippen LogP contribution is -2.33. The Morgan fingerprint density at radius 2 is 1.74 bits per heavy atom. The van der Waals surface area contributed by atoms with Crippen LogP contribution in [0, 0.1) is 0 Å². The second kappa shape index (κ2) is 9.91. The molecule has 0 fully saturated rings. The largest absolute Gasteiger partial charge is 0.466 e. The molecule has 1 aromatic heterocycles. The molecule has 0 saturated heterocycles. The highest BCUT2D eigenvalue weighted by Crippen LogP contribution is 2.44. The Kier molecular flexibility index (Phi) is 6.95. The molecule has 7 nitrogen and oxygen atoms in total. The first-order valence-electron chi connectivity index (χ1n) is 10.6. The van der Waals surface area contributed by atoms with Gasteiger partial charge in [0, 0.05) is 24.4 Å². The van der Waals surface area contributed by atoms with Crippen LogP contribution < -0.4 is 5.32 Å². The number of fused-ring (bicyclic) bond motifs is 1. The summed E-state index contributed by atoms with van der Waals surface area (Å²) in [6, 6.07) is 12.9. The summed E-state index contributed by atoms with van der Waals surface area (Å²) >= 11 is 12.8. The van der Waals surface area contributed by atoms with Crippen molar-refractivity contribution in [2.24, 2.45) is 0 Å². The van der Waals surface area contributed by atoms with Crippen molar-refractivity contribution in [1.82, 2.24) is 14.9 Å². The lowest BCUT2D eigenvalue weighted by atomic mass is 9.79. The summed E-state index contributed by atoms with van der Waals surface area (Å²) in [7, 11) is 2.59. The third-order valence-electron chi connectivity index (χ3n) is 5.88. The fourth-order valence-corrected chi connectivity index (χ4v) is 4.72. The minimum absolute atomic E-state index is 0.256. The number of aryl methyl sites for hydroxylation is 1. The van der Waals surface area contributed by atoms with Gasteiger partial charge in [0.15, 0.2) is 0 Å². The summed E-state index contributed by atoms with van der Waals surface area (Å²) in [5.41, 5.74) is 4.11. The summed E-state index contributed by atoms with van der Waals surface area (Å²) in [6.45, 7) is 2.30. The third-order valence-corrected chi connectivity index (χ3v) is 6.71. The summed E-state index contributed by atoms with van der Waals surface area (Å²) in [4.78, 5) is 30.4. The van der Waals surface area contributed by atoms with Crippen molar-refractivity contribution < 1.29 is 19.1 Å². The van der Waals surface area contributed by atoms with Crippen LogP contribution in [0.25, 0.3) is 11.0 Å². The van der Waals surface area contributed by atoms with Gasteiger partial charge in [-0.15, -0.1) is 0 Å². The molecule has 1 atom stereocenters. The van der Waals surface area contributed by atoms with Crippen LogP contribution in [0.5, 0.6) is 0 Å². The van der Waals surface area contributed by atoms with Crippen molar-refractivity contribution in [1.29, 1.82) is 0 Å². The molecule has 2 heterocycles. The average Bonchev–Trinajstić information content (AvgIpc) is 3.26. The molecule has 1 N–H and O–H groups in total. The Morgan fingerprint density at radius 3 is 2.47 bits per heavy atom. The Bertz CT molecular complexity index is 1340. The number of carbonyl (C=O) groups is 2. The van der Waals surface area contributed by atoms with E-state index in [1.165, 1.54) is 14.2 Å². The van der Waals surface area contributed by atoms with Crippen molar-refractivity contribution in [3.63, 3.8) is 0 Å². The van der Waals surface area contributed by atoms with Crippen LogP contribution in [0.3, 0.4) is 0 Å². The summed E-state index contributed by atoms with van der Waals surface area (Å²) < 4.78 is 12.2. The highest BCUT2D eigenvalue weighted by Gasteiger charge is 2.39. The molecule has 0 bridgehead atoms. The predicted molar refractivity (Wildman–Crippen MR) is 130 cm³/mol. The molecule has 3 aromatic rings. The molecule has 1 aliphatic heterocycles. The van der Waals surface area contributed by atoms with Crippen LogP contribution in [-0.4, -0.2) is 35.7 Å². The number of nitrogens with zero attached hydrogens (tertiary/aromatic N) is 2. The van der Waals surface area contributed by atoms with Gasteiger partial charge in [0.05, 0.1) is 58.7 Å². The van der Waals surface area contributed by atoms with Gasteiger partial charge in [0.2, 0.25) is 0 Å². The molecule has 176 valence electrons. The first-order chi connectivity index (χ1) is 16.4. The van der Waals surface area contributed by atoms with E-state index in [0.29, 0.717) is 34.9 Å². The fourth-order valence-electron chi connectivity index (χ4n) is 4.30. The third kappa shape index (κ3) is 4.29. The number of carbonyl (C=O) groups excluding carboxylic acids is 2. The smallest absolute Gasteiger partial charge is 0.336 e. The molecule has 2 aromatic carbocycles. The second-order valence-electron chi connectivity index (χ2n) is 7.79. The maximum absolute atomic E-state index is 13.1. The normalized spacial score (nSPS) is 16.0. The molecule has 34 heavy (non-hydrogen) atoms. The van der Waals surface area contributed by atoms with Gasteiger partial charge in [-0.2, -0.15) is 0 Å². The quantitative estimate of drug-likeness (QED) is 0.480. The Morgan fingerprint density at radius 1 is 1.03 bits per heavy atom. The van der Waals surface area contributed by atoms with E-state index in [1.54, 1.807) is 31.5 Å². The Hall–Kier alpha value is -3.29. The second-order valence-corrected chi connectivity index (χ2v) is 8.58. The molecule has 0 aliphatic carbocycles. The van der Waals surface area contributed by atoms with Crippen LogP contribution in [0.2, 0.25) is 10.0 Å². The number of halogens is 2. The van der Waals surface area contributed by atoms with Gasteiger partial charge < -0.3 is 19.4 Å². The van der Waals surface area contributed by atoms with Crippen molar-refractivity contribution in [2.45, 2.75) is 25.8 Å². The number of aromatic nitrogens is 2. The zero-order chi connectivity index (χ0) is 24.4. The van der Waals surface area contributed by atoms with Gasteiger partial charge in [-0.25, -0.2) is 14.6 Å². The highest BCUT2D eigenvalue weighted by molar-refractivity contribution is 6.42. The zero-order valence-electron chi connectivity index (χ0n) is 18.9. The van der Waals surface area contributed by atoms with E-state index in [0.717, 1.165) is 11.0 Å². The summed E-state index contributed by atoms with van der Waals surface area (Å²) in [5.74, 6) is -1.97. The molecule has 9 heteroatoms. The minimum Gasteiger partial charge on any atom is -0.466 e. The Balaban J connectivity index is 1.84. The molecule has 1 aliphatic rings. The van der Waals surface area contributed by atoms with E-state index in [-0.39, 0.29) is 16.2 Å². The molecule has 0 spiro atoms. The number of allylic oxidation sites excluding steroid dienone is 2. The van der Waals surface area contributed by atoms with Crippen LogP contribution >= 0.6 is 23.2 Å². The average molecular weight is 500 g/mol. The molecule has 0 radical (unpaired) electrons. The molecule has 1 unspecified atom stereocenters. The molecular weight excluding hydrogens is 477 g/mol. The van der Waals surface area contributed by atoms with E-state index >= 15 is 0 Å². The van der Waals surface area contributed by atoms with Crippen LogP contribution in [0.15, 0.2) is 71.3 Å². The van der Waals surface area contributed by atoms with E-state index < -0.39 is 17.9 Å². The number of nitrogens with one attached hydrogen (secondary N) is 1. The van der Waals surface area contributed by atoms with Crippen LogP contribution in [0.4, 0.5) is 0 Å². The van der Waals surface area contributed by atoms with Crippen LogP contribution in [0.1, 0.15) is 24.8 Å². The van der Waals surface area contributed by atoms with Gasteiger partial charge in [0.1, 0.15) is 0 Å². The maximum atomic E-state index is 13.1. The van der Waals surface area contributed by atoms with Gasteiger partial charge >= 0.3 is 11.9 Å². The van der Waals surface area contributed by atoms with Crippen molar-refractivity contribution in [3.05, 3.63) is 86.9 Å². The minimum atomic E-state index is -0.818. The monoisotopic (exact) mass is 499 g/mol. The van der Waals surface area contributed by atoms with E-state index in [9.17, 15) is 9.59 Å². The number of dihydropyridines is 1. The SMILES string of the molecule is COC(=O)C1=C(C)NC(CCn2cnc3ccccc32)=C(C(=O)OC)C1c1cccc(Cl)c1Cl. The number of ether oxygens (including phenoxy) is 2. The fraction of sp³-hybridized carbons (Fsp3) is 0.240. The summed E-state index contributed by atoms with van der Waals surface area (Å²) in [6.07, 6.45) is 2.21. The van der Waals surface area contributed by atoms with Crippen LogP contribution in [-0.2, 0) is 25.6 Å². The van der Waals surface area contributed by atoms with Crippen molar-refractivity contribution >= 4 is 46.2 Å². The lowest BCUT2D eigenvalue weighted by molar-refractivity contribution is -0.137. The van der Waals surface area contributed by atoms with E-state index in [4.69, 9.17) is 32.7 Å². The van der Waals surface area contributed by atoms with Crippen molar-refractivity contribution in [2.75, 3.05) is 14.2 Å². The van der Waals surface area contributed by atoms with Crippen molar-refractivity contribution in [3.8, 4) is 0 Å². The number of hydrogen-bond donors (Lipinski definition) is 1.